The maximum Gasteiger partial charge on any atom is 0.410 e. The molecule has 4 heteroatoms. The van der Waals surface area contributed by atoms with Gasteiger partial charge in [0.25, 0.3) is 0 Å². The summed E-state index contributed by atoms with van der Waals surface area (Å²) < 4.78 is 5.56. The molecule has 0 saturated heterocycles. The number of nitrogens with zero attached hydrogens (tertiary/aromatic N) is 1. The second-order valence-corrected chi connectivity index (χ2v) is 9.71. The molecule has 0 aromatic heterocycles. The van der Waals surface area contributed by atoms with E-state index in [1.165, 1.54) is 25.7 Å². The topological polar surface area (TPSA) is 41.6 Å². The highest BCUT2D eigenvalue weighted by molar-refractivity contribution is 5.69. The van der Waals surface area contributed by atoms with E-state index in [-0.39, 0.29) is 11.6 Å². The summed E-state index contributed by atoms with van der Waals surface area (Å²) in [5.74, 6) is 0. The molecule has 0 aliphatic heterocycles. The molecule has 1 aliphatic rings. The van der Waals surface area contributed by atoms with Crippen molar-refractivity contribution in [1.29, 1.82) is 0 Å². The molecule has 1 amide bonds. The Balaban J connectivity index is 2.54. The Morgan fingerprint density at radius 2 is 1.83 bits per heavy atom. The molecule has 4 nitrogen and oxygen atoms in total. The van der Waals surface area contributed by atoms with Crippen LogP contribution in [-0.2, 0) is 4.74 Å². The second kappa shape index (κ2) is 7.42. The van der Waals surface area contributed by atoms with E-state index in [4.69, 9.17) is 4.74 Å². The SMILES string of the molecule is CC1(C)CCCC(NCCN(C(=O)OC(C)(C)C)C(C)(C)C)C1. The van der Waals surface area contributed by atoms with E-state index >= 15 is 0 Å². The van der Waals surface area contributed by atoms with E-state index in [2.05, 4.69) is 39.9 Å². The molecule has 0 spiro atoms. The minimum Gasteiger partial charge on any atom is -0.444 e. The van der Waals surface area contributed by atoms with Gasteiger partial charge in [-0.25, -0.2) is 4.79 Å². The molecule has 136 valence electrons. The highest BCUT2D eigenvalue weighted by atomic mass is 16.6. The highest BCUT2D eigenvalue weighted by Gasteiger charge is 2.31. The Bertz CT molecular complexity index is 391. The van der Waals surface area contributed by atoms with Crippen molar-refractivity contribution in [1.82, 2.24) is 10.2 Å². The molecular formula is C19H38N2O2. The molecule has 1 fully saturated rings. The van der Waals surface area contributed by atoms with Crippen LogP contribution in [0.15, 0.2) is 0 Å². The van der Waals surface area contributed by atoms with E-state index in [0.717, 1.165) is 6.54 Å². The lowest BCUT2D eigenvalue weighted by molar-refractivity contribution is 0.00621. The van der Waals surface area contributed by atoms with Gasteiger partial charge in [0.05, 0.1) is 0 Å². The molecule has 1 saturated carbocycles. The largest absolute Gasteiger partial charge is 0.444 e. The van der Waals surface area contributed by atoms with Crippen molar-refractivity contribution < 1.29 is 9.53 Å². The zero-order valence-electron chi connectivity index (χ0n) is 16.6. The summed E-state index contributed by atoms with van der Waals surface area (Å²) >= 11 is 0. The highest BCUT2D eigenvalue weighted by Crippen LogP contribution is 2.35. The van der Waals surface area contributed by atoms with Gasteiger partial charge in [-0.05, 0) is 66.2 Å². The molecule has 0 bridgehead atoms. The van der Waals surface area contributed by atoms with Crippen molar-refractivity contribution >= 4 is 6.09 Å². The lowest BCUT2D eigenvalue weighted by Crippen LogP contribution is -2.51. The van der Waals surface area contributed by atoms with Crippen molar-refractivity contribution in [3.63, 3.8) is 0 Å². The maximum atomic E-state index is 12.5. The molecule has 0 radical (unpaired) electrons. The quantitative estimate of drug-likeness (QED) is 0.822. The van der Waals surface area contributed by atoms with Crippen LogP contribution in [0, 0.1) is 5.41 Å². The van der Waals surface area contributed by atoms with Crippen molar-refractivity contribution in [3.05, 3.63) is 0 Å². The van der Waals surface area contributed by atoms with Gasteiger partial charge in [-0.3, -0.25) is 0 Å². The van der Waals surface area contributed by atoms with Crippen LogP contribution < -0.4 is 5.32 Å². The minimum absolute atomic E-state index is 0.226. The maximum absolute atomic E-state index is 12.5. The smallest absolute Gasteiger partial charge is 0.410 e. The fourth-order valence-electron chi connectivity index (χ4n) is 3.27. The molecule has 0 aromatic carbocycles. The first kappa shape index (κ1) is 20.3. The Morgan fingerprint density at radius 3 is 2.30 bits per heavy atom. The van der Waals surface area contributed by atoms with Crippen LogP contribution in [0.4, 0.5) is 4.79 Å². The normalized spacial score (nSPS) is 21.8. The summed E-state index contributed by atoms with van der Waals surface area (Å²) in [6.07, 6.45) is 4.84. The lowest BCUT2D eigenvalue weighted by atomic mass is 9.75. The molecular weight excluding hydrogens is 288 g/mol. The lowest BCUT2D eigenvalue weighted by Gasteiger charge is -2.38. The second-order valence-electron chi connectivity index (χ2n) is 9.71. The zero-order valence-corrected chi connectivity index (χ0v) is 16.6. The summed E-state index contributed by atoms with van der Waals surface area (Å²) in [6.45, 7) is 18.1. The van der Waals surface area contributed by atoms with Gasteiger partial charge in [0, 0.05) is 24.7 Å². The van der Waals surface area contributed by atoms with Crippen LogP contribution in [0.1, 0.15) is 81.1 Å². The van der Waals surface area contributed by atoms with E-state index in [0.29, 0.717) is 18.0 Å². The first-order valence-corrected chi connectivity index (χ1v) is 9.04. The first-order chi connectivity index (χ1) is 10.3. The van der Waals surface area contributed by atoms with Gasteiger partial charge in [-0.2, -0.15) is 0 Å². The van der Waals surface area contributed by atoms with Gasteiger partial charge in [0.2, 0.25) is 0 Å². The van der Waals surface area contributed by atoms with E-state index in [1.807, 2.05) is 25.7 Å². The summed E-state index contributed by atoms with van der Waals surface area (Å²) in [6, 6.07) is 0.569. The number of carbonyl (C=O) groups excluding carboxylic acids is 1. The van der Waals surface area contributed by atoms with Crippen molar-refractivity contribution in [2.45, 2.75) is 98.3 Å². The summed E-state index contributed by atoms with van der Waals surface area (Å²) in [5.41, 5.74) is -0.262. The Labute approximate surface area is 143 Å². The predicted octanol–water partition coefficient (Wildman–Crippen LogP) is 4.58. The van der Waals surface area contributed by atoms with Crippen LogP contribution >= 0.6 is 0 Å². The third kappa shape index (κ3) is 7.56. The van der Waals surface area contributed by atoms with Gasteiger partial charge in [-0.15, -0.1) is 0 Å². The van der Waals surface area contributed by atoms with Gasteiger partial charge in [0.1, 0.15) is 5.60 Å². The Morgan fingerprint density at radius 1 is 1.22 bits per heavy atom. The van der Waals surface area contributed by atoms with Crippen molar-refractivity contribution in [3.8, 4) is 0 Å². The average molecular weight is 327 g/mol. The third-order valence-corrected chi connectivity index (χ3v) is 4.40. The number of carbonyl (C=O) groups is 1. The monoisotopic (exact) mass is 326 g/mol. The zero-order chi connectivity index (χ0) is 17.9. The number of nitrogens with one attached hydrogen (secondary N) is 1. The number of amides is 1. The molecule has 1 aliphatic carbocycles. The predicted molar refractivity (Wildman–Crippen MR) is 96.7 cm³/mol. The number of hydrogen-bond acceptors (Lipinski definition) is 3. The van der Waals surface area contributed by atoms with Crippen LogP contribution in [0.25, 0.3) is 0 Å². The van der Waals surface area contributed by atoms with Crippen LogP contribution in [-0.4, -0.2) is 41.3 Å². The van der Waals surface area contributed by atoms with Crippen molar-refractivity contribution in [2.24, 2.45) is 5.41 Å². The molecule has 1 unspecified atom stereocenters. The van der Waals surface area contributed by atoms with Gasteiger partial charge in [0.15, 0.2) is 0 Å². The fraction of sp³-hybridized carbons (Fsp3) is 0.947. The molecule has 0 aromatic rings. The summed E-state index contributed by atoms with van der Waals surface area (Å²) in [7, 11) is 0. The third-order valence-electron chi connectivity index (χ3n) is 4.40. The summed E-state index contributed by atoms with van der Waals surface area (Å²) in [5, 5.41) is 3.65. The molecule has 1 atom stereocenters. The van der Waals surface area contributed by atoms with Crippen LogP contribution in [0.3, 0.4) is 0 Å². The minimum atomic E-state index is -0.457. The Hall–Kier alpha value is -0.770. The average Bonchev–Trinajstić information content (AvgIpc) is 2.29. The van der Waals surface area contributed by atoms with E-state index < -0.39 is 5.60 Å². The molecule has 23 heavy (non-hydrogen) atoms. The van der Waals surface area contributed by atoms with Crippen molar-refractivity contribution in [2.75, 3.05) is 13.1 Å². The number of rotatable bonds is 4. The summed E-state index contributed by atoms with van der Waals surface area (Å²) in [4.78, 5) is 14.3. The molecule has 1 N–H and O–H groups in total. The van der Waals surface area contributed by atoms with Crippen LogP contribution in [0.5, 0.6) is 0 Å². The van der Waals surface area contributed by atoms with E-state index in [1.54, 1.807) is 0 Å². The Kier molecular flexibility index (Phi) is 6.54. The molecule has 0 heterocycles. The van der Waals surface area contributed by atoms with E-state index in [9.17, 15) is 4.79 Å². The number of hydrogen-bond donors (Lipinski definition) is 1. The van der Waals surface area contributed by atoms with Gasteiger partial charge < -0.3 is 15.0 Å². The first-order valence-electron chi connectivity index (χ1n) is 9.04. The fourth-order valence-corrected chi connectivity index (χ4v) is 3.27. The molecule has 1 rings (SSSR count). The van der Waals surface area contributed by atoms with Crippen LogP contribution in [0.2, 0.25) is 0 Å². The van der Waals surface area contributed by atoms with Gasteiger partial charge >= 0.3 is 6.09 Å². The number of ether oxygens (including phenoxy) is 1. The van der Waals surface area contributed by atoms with Gasteiger partial charge in [-0.1, -0.05) is 20.3 Å². The standard InChI is InChI=1S/C19H38N2O2/c1-17(2,3)21(16(22)23-18(4,5)6)13-12-20-15-10-9-11-19(7,8)14-15/h15,20H,9-14H2,1-8H3.